The summed E-state index contributed by atoms with van der Waals surface area (Å²) < 4.78 is 30.6. The Hall–Kier alpha value is -3.26. The Labute approximate surface area is 156 Å². The van der Waals surface area contributed by atoms with Gasteiger partial charge in [0, 0.05) is 24.2 Å². The third kappa shape index (κ3) is 3.15. The highest BCUT2D eigenvalue weighted by atomic mass is 32.2. The molecule has 0 aliphatic carbocycles. The summed E-state index contributed by atoms with van der Waals surface area (Å²) in [6.45, 7) is 1.92. The van der Waals surface area contributed by atoms with Gasteiger partial charge in [0.15, 0.2) is 5.82 Å². The van der Waals surface area contributed by atoms with Gasteiger partial charge in [-0.2, -0.15) is 0 Å². The van der Waals surface area contributed by atoms with Gasteiger partial charge >= 0.3 is 0 Å². The fourth-order valence-corrected chi connectivity index (χ4v) is 4.21. The number of aryl methyl sites for hydroxylation is 2. The number of aromatic nitrogens is 4. The van der Waals surface area contributed by atoms with Gasteiger partial charge in [-0.15, -0.1) is 10.2 Å². The number of hydrogen-bond acceptors (Lipinski definition) is 5. The molecule has 0 amide bonds. The normalized spacial score (nSPS) is 11.6. The largest absolute Gasteiger partial charge is 0.317 e. The maximum absolute atomic E-state index is 13.1. The maximum Gasteiger partial charge on any atom is 0.264 e. The van der Waals surface area contributed by atoms with Crippen LogP contribution in [0.4, 0.5) is 5.69 Å². The van der Waals surface area contributed by atoms with Gasteiger partial charge in [-0.1, -0.05) is 24.3 Å². The number of sulfonamides is 1. The second-order valence-electron chi connectivity index (χ2n) is 6.26. The second-order valence-corrected chi connectivity index (χ2v) is 7.91. The Kier molecular flexibility index (Phi) is 4.12. The van der Waals surface area contributed by atoms with Gasteiger partial charge in [0.1, 0.15) is 11.2 Å². The van der Waals surface area contributed by atoms with Crippen LogP contribution in [0, 0.1) is 6.92 Å². The van der Waals surface area contributed by atoms with E-state index in [-0.39, 0.29) is 4.90 Å². The molecule has 0 atom stereocenters. The average Bonchev–Trinajstić information content (AvgIpc) is 3.07. The van der Waals surface area contributed by atoms with Crippen molar-refractivity contribution in [1.82, 2.24) is 19.7 Å². The average molecular weight is 379 g/mol. The van der Waals surface area contributed by atoms with E-state index >= 15 is 0 Å². The lowest BCUT2D eigenvalue weighted by Crippen LogP contribution is -2.14. The number of fused-ring (bicyclic) bond motifs is 1. The molecular formula is C19H17N5O2S. The first-order chi connectivity index (χ1) is 13.0. The highest BCUT2D eigenvalue weighted by Crippen LogP contribution is 2.29. The van der Waals surface area contributed by atoms with Crippen LogP contribution in [0.3, 0.4) is 0 Å². The smallest absolute Gasteiger partial charge is 0.264 e. The SMILES string of the molecule is Cc1cnc2c(S(=O)(=O)Nc3ccccc3-c3nncn3C)cccc2c1. The Morgan fingerprint density at radius 2 is 1.89 bits per heavy atom. The minimum absolute atomic E-state index is 0.132. The summed E-state index contributed by atoms with van der Waals surface area (Å²) in [5.74, 6) is 0.569. The maximum atomic E-state index is 13.1. The van der Waals surface area contributed by atoms with Crippen molar-refractivity contribution in [2.45, 2.75) is 11.8 Å². The number of rotatable bonds is 4. The Morgan fingerprint density at radius 1 is 1.07 bits per heavy atom. The van der Waals surface area contributed by atoms with Crippen LogP contribution in [0.5, 0.6) is 0 Å². The predicted molar refractivity (Wildman–Crippen MR) is 104 cm³/mol. The van der Waals surface area contributed by atoms with E-state index in [1.807, 2.05) is 25.1 Å². The summed E-state index contributed by atoms with van der Waals surface area (Å²) >= 11 is 0. The molecule has 0 saturated heterocycles. The summed E-state index contributed by atoms with van der Waals surface area (Å²) in [7, 11) is -2.05. The fraction of sp³-hybridized carbons (Fsp3) is 0.105. The molecule has 4 aromatic rings. The van der Waals surface area contributed by atoms with E-state index in [9.17, 15) is 8.42 Å². The van der Waals surface area contributed by atoms with Crippen molar-refractivity contribution in [2.75, 3.05) is 4.72 Å². The lowest BCUT2D eigenvalue weighted by atomic mass is 10.2. The van der Waals surface area contributed by atoms with Crippen molar-refractivity contribution >= 4 is 26.6 Å². The van der Waals surface area contributed by atoms with Gasteiger partial charge in [-0.05, 0) is 36.8 Å². The molecule has 0 unspecified atom stereocenters. The zero-order valence-electron chi connectivity index (χ0n) is 14.8. The summed E-state index contributed by atoms with van der Waals surface area (Å²) in [5.41, 5.74) is 2.48. The first kappa shape index (κ1) is 17.2. The third-order valence-corrected chi connectivity index (χ3v) is 5.62. The lowest BCUT2D eigenvalue weighted by molar-refractivity contribution is 0.602. The molecule has 0 bridgehead atoms. The van der Waals surface area contributed by atoms with Crippen LogP contribution in [0.2, 0.25) is 0 Å². The van der Waals surface area contributed by atoms with Gasteiger partial charge in [0.05, 0.1) is 11.2 Å². The van der Waals surface area contributed by atoms with Crippen molar-refractivity contribution in [3.63, 3.8) is 0 Å². The van der Waals surface area contributed by atoms with Gasteiger partial charge in [0.25, 0.3) is 10.0 Å². The highest BCUT2D eigenvalue weighted by Gasteiger charge is 2.21. The van der Waals surface area contributed by atoms with Crippen molar-refractivity contribution < 1.29 is 8.42 Å². The summed E-state index contributed by atoms with van der Waals surface area (Å²) in [5, 5.41) is 8.72. The fourth-order valence-electron chi connectivity index (χ4n) is 2.95. The number of para-hydroxylation sites is 2. The quantitative estimate of drug-likeness (QED) is 0.588. The molecule has 136 valence electrons. The molecule has 0 radical (unpaired) electrons. The van der Waals surface area contributed by atoms with Crippen LogP contribution < -0.4 is 4.72 Å². The molecule has 0 aliphatic heterocycles. The molecule has 0 saturated carbocycles. The molecule has 2 heterocycles. The van der Waals surface area contributed by atoms with E-state index in [1.54, 1.807) is 54.5 Å². The number of anilines is 1. The molecule has 27 heavy (non-hydrogen) atoms. The van der Waals surface area contributed by atoms with Crippen LogP contribution >= 0.6 is 0 Å². The summed E-state index contributed by atoms with van der Waals surface area (Å²) in [6.07, 6.45) is 3.23. The standard InChI is InChI=1S/C19H17N5O2S/c1-13-10-14-6-5-9-17(18(14)20-11-13)27(25,26)23-16-8-4-3-7-15(16)19-22-21-12-24(19)2/h3-12,23H,1-2H3. The highest BCUT2D eigenvalue weighted by molar-refractivity contribution is 7.93. The van der Waals surface area contributed by atoms with Crippen molar-refractivity contribution in [2.24, 2.45) is 7.05 Å². The monoisotopic (exact) mass is 379 g/mol. The van der Waals surface area contributed by atoms with E-state index in [4.69, 9.17) is 0 Å². The third-order valence-electron chi connectivity index (χ3n) is 4.22. The zero-order chi connectivity index (χ0) is 19.0. The van der Waals surface area contributed by atoms with Crippen LogP contribution in [-0.4, -0.2) is 28.2 Å². The van der Waals surface area contributed by atoms with Crippen LogP contribution in [-0.2, 0) is 17.1 Å². The Balaban J connectivity index is 1.81. The van der Waals surface area contributed by atoms with E-state index < -0.39 is 10.0 Å². The molecule has 8 heteroatoms. The molecule has 2 aromatic carbocycles. The molecule has 0 fully saturated rings. The summed E-state index contributed by atoms with van der Waals surface area (Å²) in [4.78, 5) is 4.46. The van der Waals surface area contributed by atoms with Gasteiger partial charge in [-0.3, -0.25) is 9.71 Å². The summed E-state index contributed by atoms with van der Waals surface area (Å²) in [6, 6.07) is 14.1. The molecule has 4 rings (SSSR count). The van der Waals surface area contributed by atoms with E-state index in [0.717, 1.165) is 10.9 Å². The molecule has 7 nitrogen and oxygen atoms in total. The van der Waals surface area contributed by atoms with Gasteiger partial charge < -0.3 is 4.57 Å². The zero-order valence-corrected chi connectivity index (χ0v) is 15.6. The Bertz CT molecular complexity index is 1250. The van der Waals surface area contributed by atoms with E-state index in [0.29, 0.717) is 22.6 Å². The lowest BCUT2D eigenvalue weighted by Gasteiger charge is -2.13. The number of pyridine rings is 1. The number of hydrogen-bond donors (Lipinski definition) is 1. The number of nitrogens with zero attached hydrogens (tertiary/aromatic N) is 4. The van der Waals surface area contributed by atoms with Crippen LogP contribution in [0.25, 0.3) is 22.3 Å². The van der Waals surface area contributed by atoms with E-state index in [1.165, 1.54) is 0 Å². The van der Waals surface area contributed by atoms with Crippen LogP contribution in [0.1, 0.15) is 5.56 Å². The van der Waals surface area contributed by atoms with Crippen molar-refractivity contribution in [3.05, 3.63) is 66.6 Å². The van der Waals surface area contributed by atoms with Crippen molar-refractivity contribution in [3.8, 4) is 11.4 Å². The topological polar surface area (TPSA) is 89.8 Å². The first-order valence-corrected chi connectivity index (χ1v) is 9.75. The van der Waals surface area contributed by atoms with Crippen LogP contribution in [0.15, 0.2) is 66.0 Å². The predicted octanol–water partition coefficient (Wildman–Crippen LogP) is 3.14. The van der Waals surface area contributed by atoms with Gasteiger partial charge in [0.2, 0.25) is 0 Å². The molecule has 0 spiro atoms. The minimum atomic E-state index is -3.85. The second kappa shape index (κ2) is 6.48. The molecular weight excluding hydrogens is 362 g/mol. The molecule has 2 aromatic heterocycles. The number of benzene rings is 2. The van der Waals surface area contributed by atoms with Crippen molar-refractivity contribution in [1.29, 1.82) is 0 Å². The molecule has 1 N–H and O–H groups in total. The first-order valence-electron chi connectivity index (χ1n) is 8.27. The van der Waals surface area contributed by atoms with E-state index in [2.05, 4.69) is 19.9 Å². The number of nitrogens with one attached hydrogen (secondary N) is 1. The van der Waals surface area contributed by atoms with Gasteiger partial charge in [-0.25, -0.2) is 8.42 Å². The Morgan fingerprint density at radius 3 is 2.67 bits per heavy atom. The molecule has 0 aliphatic rings. The minimum Gasteiger partial charge on any atom is -0.317 e.